The second kappa shape index (κ2) is 8.25. The second-order valence-electron chi connectivity index (χ2n) is 7.51. The number of para-hydroxylation sites is 2. The molecular weight excluding hydrogens is 368 g/mol. The summed E-state index contributed by atoms with van der Waals surface area (Å²) < 4.78 is 11.6. The lowest BCUT2D eigenvalue weighted by Gasteiger charge is -2.47. The Balaban J connectivity index is 1.45. The molecule has 2 aromatic carbocycles. The number of hydrogen-bond donors (Lipinski definition) is 0. The van der Waals surface area contributed by atoms with E-state index in [1.165, 1.54) is 0 Å². The van der Waals surface area contributed by atoms with Gasteiger partial charge in [0.05, 0.1) is 24.3 Å². The zero-order valence-electron chi connectivity index (χ0n) is 16.7. The number of benzene rings is 2. The monoisotopic (exact) mass is 394 g/mol. The Kier molecular flexibility index (Phi) is 5.53. The fraction of sp³-hybridized carbons (Fsp3) is 0.391. The summed E-state index contributed by atoms with van der Waals surface area (Å²) in [6.45, 7) is 4.21. The van der Waals surface area contributed by atoms with Crippen molar-refractivity contribution in [2.75, 3.05) is 37.7 Å². The summed E-state index contributed by atoms with van der Waals surface area (Å²) in [6, 6.07) is 17.1. The zero-order chi connectivity index (χ0) is 20.3. The summed E-state index contributed by atoms with van der Waals surface area (Å²) in [5, 5.41) is 0. The summed E-state index contributed by atoms with van der Waals surface area (Å²) in [7, 11) is 0. The molecule has 2 aliphatic heterocycles. The molecule has 0 saturated carbocycles. The van der Waals surface area contributed by atoms with Gasteiger partial charge in [0.15, 0.2) is 0 Å². The molecule has 0 N–H and O–H groups in total. The van der Waals surface area contributed by atoms with Crippen LogP contribution in [-0.4, -0.2) is 55.2 Å². The van der Waals surface area contributed by atoms with Crippen LogP contribution in [0.5, 0.6) is 5.75 Å². The highest BCUT2D eigenvalue weighted by atomic mass is 16.5. The van der Waals surface area contributed by atoms with E-state index in [2.05, 4.69) is 0 Å². The van der Waals surface area contributed by atoms with Crippen LogP contribution >= 0.6 is 0 Å². The molecule has 6 heteroatoms. The Morgan fingerprint density at radius 1 is 1.07 bits per heavy atom. The summed E-state index contributed by atoms with van der Waals surface area (Å²) in [6.07, 6.45) is 1.40. The van der Waals surface area contributed by atoms with Gasteiger partial charge in [-0.05, 0) is 44.0 Å². The first-order chi connectivity index (χ1) is 14.1. The van der Waals surface area contributed by atoms with Gasteiger partial charge < -0.3 is 19.3 Å². The van der Waals surface area contributed by atoms with Gasteiger partial charge in [0.25, 0.3) is 11.8 Å². The molecule has 2 amide bonds. The van der Waals surface area contributed by atoms with Crippen LogP contribution in [0, 0.1) is 0 Å². The molecule has 0 radical (unpaired) electrons. The number of piperidine rings is 1. The maximum Gasteiger partial charge on any atom is 0.257 e. The Bertz CT molecular complexity index is 875. The van der Waals surface area contributed by atoms with E-state index < -0.39 is 5.60 Å². The summed E-state index contributed by atoms with van der Waals surface area (Å²) in [5.41, 5.74) is 1.08. The van der Waals surface area contributed by atoms with Gasteiger partial charge >= 0.3 is 0 Å². The van der Waals surface area contributed by atoms with Crippen LogP contribution in [0.25, 0.3) is 0 Å². The van der Waals surface area contributed by atoms with Crippen LogP contribution in [0.3, 0.4) is 0 Å². The van der Waals surface area contributed by atoms with E-state index in [-0.39, 0.29) is 18.4 Å². The van der Waals surface area contributed by atoms with Crippen molar-refractivity contribution in [1.82, 2.24) is 4.90 Å². The number of carbonyl (C=O) groups excluding carboxylic acids is 2. The number of anilines is 1. The number of rotatable bonds is 4. The number of ether oxygens (including phenoxy) is 2. The lowest BCUT2D eigenvalue weighted by Crippen LogP contribution is -2.59. The van der Waals surface area contributed by atoms with Crippen molar-refractivity contribution < 1.29 is 19.1 Å². The topological polar surface area (TPSA) is 59.1 Å². The minimum atomic E-state index is -0.403. The lowest BCUT2D eigenvalue weighted by atomic mass is 9.88. The van der Waals surface area contributed by atoms with E-state index in [0.29, 0.717) is 50.4 Å². The predicted octanol–water partition coefficient (Wildman–Crippen LogP) is 3.12. The summed E-state index contributed by atoms with van der Waals surface area (Å²) in [5.74, 6) is 0.580. The molecule has 0 atom stereocenters. The molecule has 29 heavy (non-hydrogen) atoms. The summed E-state index contributed by atoms with van der Waals surface area (Å²) >= 11 is 0. The van der Waals surface area contributed by atoms with Gasteiger partial charge in [0.1, 0.15) is 12.4 Å². The van der Waals surface area contributed by atoms with Gasteiger partial charge in [-0.3, -0.25) is 9.59 Å². The van der Waals surface area contributed by atoms with Crippen molar-refractivity contribution in [3.05, 3.63) is 60.2 Å². The van der Waals surface area contributed by atoms with E-state index >= 15 is 0 Å². The maximum atomic E-state index is 13.0. The molecule has 2 aromatic rings. The third-order valence-corrected chi connectivity index (χ3v) is 5.70. The smallest absolute Gasteiger partial charge is 0.257 e. The molecule has 2 saturated heterocycles. The minimum absolute atomic E-state index is 0.0179. The average molecular weight is 394 g/mol. The largest absolute Gasteiger partial charge is 0.493 e. The molecule has 0 bridgehead atoms. The van der Waals surface area contributed by atoms with Crippen molar-refractivity contribution in [2.24, 2.45) is 0 Å². The number of carbonyl (C=O) groups is 2. The normalized spacial score (nSPS) is 18.7. The Morgan fingerprint density at radius 3 is 2.48 bits per heavy atom. The Morgan fingerprint density at radius 2 is 1.76 bits per heavy atom. The van der Waals surface area contributed by atoms with Crippen LogP contribution < -0.4 is 9.64 Å². The first-order valence-corrected chi connectivity index (χ1v) is 10.1. The molecule has 4 rings (SSSR count). The number of morpholine rings is 1. The fourth-order valence-corrected chi connectivity index (χ4v) is 4.07. The van der Waals surface area contributed by atoms with E-state index in [4.69, 9.17) is 9.47 Å². The molecule has 6 nitrogen and oxygen atoms in total. The molecular formula is C23H26N2O4. The lowest BCUT2D eigenvalue weighted by molar-refractivity contribution is -0.143. The molecule has 0 aromatic heterocycles. The number of nitrogens with zero attached hydrogens (tertiary/aromatic N) is 2. The van der Waals surface area contributed by atoms with Gasteiger partial charge in [-0.15, -0.1) is 0 Å². The van der Waals surface area contributed by atoms with Crippen molar-refractivity contribution in [3.8, 4) is 5.75 Å². The first kappa shape index (κ1) is 19.5. The molecule has 2 aliphatic rings. The van der Waals surface area contributed by atoms with Crippen molar-refractivity contribution in [3.63, 3.8) is 0 Å². The Hall–Kier alpha value is -2.86. The number of amides is 2. The molecule has 152 valence electrons. The van der Waals surface area contributed by atoms with Crippen molar-refractivity contribution in [1.29, 1.82) is 0 Å². The molecule has 0 aliphatic carbocycles. The summed E-state index contributed by atoms with van der Waals surface area (Å²) in [4.78, 5) is 29.1. The number of likely N-dealkylation sites (tertiary alicyclic amines) is 1. The maximum absolute atomic E-state index is 13.0. The van der Waals surface area contributed by atoms with Gasteiger partial charge in [-0.1, -0.05) is 30.3 Å². The average Bonchev–Trinajstić information content (AvgIpc) is 2.77. The molecule has 1 spiro atoms. The van der Waals surface area contributed by atoms with Crippen LogP contribution in [0.2, 0.25) is 0 Å². The highest BCUT2D eigenvalue weighted by Gasteiger charge is 2.43. The molecule has 2 heterocycles. The molecule has 2 fully saturated rings. The quantitative estimate of drug-likeness (QED) is 0.800. The Labute approximate surface area is 171 Å². The van der Waals surface area contributed by atoms with Gasteiger partial charge in [-0.2, -0.15) is 0 Å². The van der Waals surface area contributed by atoms with Crippen LogP contribution in [0.1, 0.15) is 30.1 Å². The first-order valence-electron chi connectivity index (χ1n) is 10.1. The SMILES string of the molecule is CCOc1ccccc1C(=O)N1CCC2(CC1)CN(c1ccccc1)C(=O)CO2. The van der Waals surface area contributed by atoms with E-state index in [0.717, 1.165) is 5.69 Å². The van der Waals surface area contributed by atoms with Crippen LogP contribution in [0.4, 0.5) is 5.69 Å². The standard InChI is InChI=1S/C23H26N2O4/c1-2-28-20-11-7-6-10-19(20)22(27)24-14-12-23(13-15-24)17-25(21(26)16-29-23)18-8-4-3-5-9-18/h3-11H,2,12-17H2,1H3. The highest BCUT2D eigenvalue weighted by Crippen LogP contribution is 2.33. The van der Waals surface area contributed by atoms with Crippen LogP contribution in [0.15, 0.2) is 54.6 Å². The second-order valence-corrected chi connectivity index (χ2v) is 7.51. The van der Waals surface area contributed by atoms with Gasteiger partial charge in [0, 0.05) is 18.8 Å². The zero-order valence-corrected chi connectivity index (χ0v) is 16.7. The van der Waals surface area contributed by atoms with Crippen molar-refractivity contribution >= 4 is 17.5 Å². The number of hydrogen-bond acceptors (Lipinski definition) is 4. The fourth-order valence-electron chi connectivity index (χ4n) is 4.07. The third kappa shape index (κ3) is 3.98. The highest BCUT2D eigenvalue weighted by molar-refractivity contribution is 5.97. The predicted molar refractivity (Wildman–Crippen MR) is 110 cm³/mol. The van der Waals surface area contributed by atoms with E-state index in [1.54, 1.807) is 0 Å². The van der Waals surface area contributed by atoms with E-state index in [1.807, 2.05) is 71.3 Å². The minimum Gasteiger partial charge on any atom is -0.493 e. The third-order valence-electron chi connectivity index (χ3n) is 5.70. The van der Waals surface area contributed by atoms with Crippen LogP contribution in [-0.2, 0) is 9.53 Å². The van der Waals surface area contributed by atoms with Gasteiger partial charge in [0.2, 0.25) is 0 Å². The van der Waals surface area contributed by atoms with E-state index in [9.17, 15) is 9.59 Å². The van der Waals surface area contributed by atoms with Crippen molar-refractivity contribution in [2.45, 2.75) is 25.4 Å². The molecule has 0 unspecified atom stereocenters. The van der Waals surface area contributed by atoms with Gasteiger partial charge in [-0.25, -0.2) is 0 Å².